The van der Waals surface area contributed by atoms with Crippen LogP contribution in [0.25, 0.3) is 0 Å². The van der Waals surface area contributed by atoms with Gasteiger partial charge in [0.2, 0.25) is 0 Å². The number of para-hydroxylation sites is 1. The Labute approximate surface area is 125 Å². The van der Waals surface area contributed by atoms with Crippen molar-refractivity contribution in [3.05, 3.63) is 23.8 Å². The first-order valence-electron chi connectivity index (χ1n) is 7.40. The zero-order valence-electron chi connectivity index (χ0n) is 12.8. The molecule has 0 heterocycles. The van der Waals surface area contributed by atoms with Crippen molar-refractivity contribution in [2.45, 2.75) is 26.2 Å². The van der Waals surface area contributed by atoms with Gasteiger partial charge in [-0.1, -0.05) is 6.07 Å². The maximum absolute atomic E-state index is 11.8. The Morgan fingerprint density at radius 3 is 2.81 bits per heavy atom. The van der Waals surface area contributed by atoms with Crippen LogP contribution in [0.15, 0.2) is 18.2 Å². The van der Waals surface area contributed by atoms with Gasteiger partial charge in [-0.3, -0.25) is 0 Å². The first-order chi connectivity index (χ1) is 10.1. The number of hydrogen-bond donors (Lipinski definition) is 2. The summed E-state index contributed by atoms with van der Waals surface area (Å²) in [5.74, 6) is -0.376. The van der Waals surface area contributed by atoms with E-state index in [1.165, 1.54) is 12.8 Å². The van der Waals surface area contributed by atoms with E-state index in [9.17, 15) is 4.79 Å². The number of methoxy groups -OCH3 is 1. The summed E-state index contributed by atoms with van der Waals surface area (Å²) in [5, 5.41) is 3.37. The standard InChI is InChI=1S/C16H24N2O3/c1-3-21-15(19)12-5-4-6-13(14(12)17)18-11-16(7-8-16)9-10-20-2/h4-6,18H,3,7-11,17H2,1-2H3. The summed E-state index contributed by atoms with van der Waals surface area (Å²) in [6.45, 7) is 3.76. The van der Waals surface area contributed by atoms with Crippen LogP contribution in [-0.4, -0.2) is 32.8 Å². The van der Waals surface area contributed by atoms with Crippen LogP contribution in [0.1, 0.15) is 36.5 Å². The van der Waals surface area contributed by atoms with E-state index in [0.717, 1.165) is 25.3 Å². The molecular formula is C16H24N2O3. The van der Waals surface area contributed by atoms with Crippen LogP contribution in [0.3, 0.4) is 0 Å². The van der Waals surface area contributed by atoms with Crippen LogP contribution < -0.4 is 11.1 Å². The van der Waals surface area contributed by atoms with Crippen molar-refractivity contribution >= 4 is 17.3 Å². The molecule has 1 aliphatic carbocycles. The van der Waals surface area contributed by atoms with Gasteiger partial charge in [-0.25, -0.2) is 4.79 Å². The molecule has 3 N–H and O–H groups in total. The number of benzene rings is 1. The molecule has 5 heteroatoms. The second kappa shape index (κ2) is 6.80. The van der Waals surface area contributed by atoms with Gasteiger partial charge in [0.05, 0.1) is 23.5 Å². The highest BCUT2D eigenvalue weighted by atomic mass is 16.5. The SMILES string of the molecule is CCOC(=O)c1cccc(NCC2(CCOC)CC2)c1N. The summed E-state index contributed by atoms with van der Waals surface area (Å²) in [6.07, 6.45) is 3.47. The van der Waals surface area contributed by atoms with Crippen molar-refractivity contribution in [1.82, 2.24) is 0 Å². The minimum absolute atomic E-state index is 0.322. The number of anilines is 2. The average Bonchev–Trinajstić information content (AvgIpc) is 3.25. The van der Waals surface area contributed by atoms with E-state index in [-0.39, 0.29) is 5.97 Å². The summed E-state index contributed by atoms with van der Waals surface area (Å²) >= 11 is 0. The van der Waals surface area contributed by atoms with Gasteiger partial charge in [0.25, 0.3) is 0 Å². The number of carbonyl (C=O) groups is 1. The third-order valence-corrected chi connectivity index (χ3v) is 4.05. The molecule has 0 bridgehead atoms. The molecule has 0 atom stereocenters. The lowest BCUT2D eigenvalue weighted by molar-refractivity contribution is 0.0527. The number of ether oxygens (including phenoxy) is 2. The Kier molecular flexibility index (Phi) is 5.07. The van der Waals surface area contributed by atoms with Gasteiger partial charge in [0.15, 0.2) is 0 Å². The van der Waals surface area contributed by atoms with Gasteiger partial charge >= 0.3 is 5.97 Å². The summed E-state index contributed by atoms with van der Waals surface area (Å²) in [5.41, 5.74) is 8.07. The van der Waals surface area contributed by atoms with Gasteiger partial charge in [-0.2, -0.15) is 0 Å². The summed E-state index contributed by atoms with van der Waals surface area (Å²) in [7, 11) is 1.73. The van der Waals surface area contributed by atoms with E-state index in [1.54, 1.807) is 20.1 Å². The van der Waals surface area contributed by atoms with Crippen molar-refractivity contribution in [2.75, 3.05) is 37.9 Å². The van der Waals surface area contributed by atoms with Crippen LogP contribution in [0.4, 0.5) is 11.4 Å². The molecule has 21 heavy (non-hydrogen) atoms. The van der Waals surface area contributed by atoms with Gasteiger partial charge in [0, 0.05) is 20.3 Å². The van der Waals surface area contributed by atoms with E-state index in [4.69, 9.17) is 15.2 Å². The fourth-order valence-electron chi connectivity index (χ4n) is 2.40. The number of hydrogen-bond acceptors (Lipinski definition) is 5. The summed E-state index contributed by atoms with van der Waals surface area (Å²) in [6, 6.07) is 5.40. The molecule has 5 nitrogen and oxygen atoms in total. The van der Waals surface area contributed by atoms with Crippen LogP contribution >= 0.6 is 0 Å². The van der Waals surface area contributed by atoms with Crippen LogP contribution in [0, 0.1) is 5.41 Å². The maximum Gasteiger partial charge on any atom is 0.340 e. The highest BCUT2D eigenvalue weighted by molar-refractivity contribution is 5.98. The molecule has 1 aromatic carbocycles. The average molecular weight is 292 g/mol. The van der Waals surface area contributed by atoms with Crippen molar-refractivity contribution in [3.63, 3.8) is 0 Å². The Morgan fingerprint density at radius 2 is 2.19 bits per heavy atom. The molecule has 2 rings (SSSR count). The Morgan fingerprint density at radius 1 is 1.43 bits per heavy atom. The van der Waals surface area contributed by atoms with Gasteiger partial charge in [0.1, 0.15) is 0 Å². The number of carbonyl (C=O) groups excluding carboxylic acids is 1. The van der Waals surface area contributed by atoms with E-state index >= 15 is 0 Å². The molecule has 1 saturated carbocycles. The molecular weight excluding hydrogens is 268 g/mol. The Hall–Kier alpha value is -1.75. The van der Waals surface area contributed by atoms with E-state index in [0.29, 0.717) is 23.3 Å². The molecule has 0 radical (unpaired) electrons. The van der Waals surface area contributed by atoms with Crippen molar-refractivity contribution in [2.24, 2.45) is 5.41 Å². The molecule has 116 valence electrons. The van der Waals surface area contributed by atoms with Gasteiger partial charge in [-0.15, -0.1) is 0 Å². The minimum Gasteiger partial charge on any atom is -0.462 e. The molecule has 0 saturated heterocycles. The highest BCUT2D eigenvalue weighted by Crippen LogP contribution is 2.48. The molecule has 1 aliphatic rings. The fraction of sp³-hybridized carbons (Fsp3) is 0.562. The predicted molar refractivity (Wildman–Crippen MR) is 83.5 cm³/mol. The highest BCUT2D eigenvalue weighted by Gasteiger charge is 2.41. The normalized spacial score (nSPS) is 15.5. The van der Waals surface area contributed by atoms with Crippen LogP contribution in [0.5, 0.6) is 0 Å². The first kappa shape index (κ1) is 15.6. The number of nitrogens with one attached hydrogen (secondary N) is 1. The van der Waals surface area contributed by atoms with Crippen molar-refractivity contribution in [1.29, 1.82) is 0 Å². The minimum atomic E-state index is -0.376. The summed E-state index contributed by atoms with van der Waals surface area (Å²) < 4.78 is 10.2. The third kappa shape index (κ3) is 3.88. The fourth-order valence-corrected chi connectivity index (χ4v) is 2.40. The maximum atomic E-state index is 11.8. The predicted octanol–water partition coefficient (Wildman–Crippen LogP) is 2.67. The lowest BCUT2D eigenvalue weighted by Crippen LogP contribution is -2.18. The largest absolute Gasteiger partial charge is 0.462 e. The lowest BCUT2D eigenvalue weighted by Gasteiger charge is -2.18. The monoisotopic (exact) mass is 292 g/mol. The second-order valence-electron chi connectivity index (χ2n) is 5.58. The third-order valence-electron chi connectivity index (χ3n) is 4.05. The number of esters is 1. The van der Waals surface area contributed by atoms with Crippen molar-refractivity contribution in [3.8, 4) is 0 Å². The quantitative estimate of drug-likeness (QED) is 0.569. The van der Waals surface area contributed by atoms with E-state index in [1.807, 2.05) is 12.1 Å². The molecule has 1 aromatic rings. The molecule has 0 aromatic heterocycles. The first-order valence-corrected chi connectivity index (χ1v) is 7.40. The number of nitrogen functional groups attached to an aromatic ring is 1. The zero-order chi connectivity index (χ0) is 15.3. The lowest BCUT2D eigenvalue weighted by atomic mass is 10.0. The van der Waals surface area contributed by atoms with Gasteiger partial charge in [-0.05, 0) is 43.7 Å². The zero-order valence-corrected chi connectivity index (χ0v) is 12.8. The molecule has 0 amide bonds. The topological polar surface area (TPSA) is 73.6 Å². The summed E-state index contributed by atoms with van der Waals surface area (Å²) in [4.78, 5) is 11.8. The molecule has 0 unspecified atom stereocenters. The van der Waals surface area contributed by atoms with Crippen LogP contribution in [-0.2, 0) is 9.47 Å². The van der Waals surface area contributed by atoms with Crippen LogP contribution in [0.2, 0.25) is 0 Å². The second-order valence-corrected chi connectivity index (χ2v) is 5.58. The Bertz CT molecular complexity index is 498. The van der Waals surface area contributed by atoms with Crippen molar-refractivity contribution < 1.29 is 14.3 Å². The van der Waals surface area contributed by atoms with E-state index in [2.05, 4.69) is 5.32 Å². The van der Waals surface area contributed by atoms with E-state index < -0.39 is 0 Å². The number of rotatable bonds is 8. The molecule has 1 fully saturated rings. The molecule has 0 spiro atoms. The smallest absolute Gasteiger partial charge is 0.340 e. The Balaban J connectivity index is 2.01. The molecule has 0 aliphatic heterocycles. The van der Waals surface area contributed by atoms with Gasteiger partial charge < -0.3 is 20.5 Å². The number of nitrogens with two attached hydrogens (primary N) is 1.